The summed E-state index contributed by atoms with van der Waals surface area (Å²) in [5.74, 6) is 0. The van der Waals surface area contributed by atoms with E-state index in [1.807, 2.05) is 0 Å². The Morgan fingerprint density at radius 1 is 0.684 bits per heavy atom. The number of fused-ring (bicyclic) bond motifs is 3. The summed E-state index contributed by atoms with van der Waals surface area (Å²) in [5.41, 5.74) is 5.89. The highest BCUT2D eigenvalue weighted by atomic mass is 15.2. The minimum Gasteiger partial charge on any atom is -0.292 e. The van der Waals surface area contributed by atoms with E-state index in [-0.39, 0.29) is 0 Å². The Hall–Kier alpha value is -1.60. The molecule has 1 fully saturated rings. The van der Waals surface area contributed by atoms with Gasteiger partial charge < -0.3 is 0 Å². The van der Waals surface area contributed by atoms with Crippen LogP contribution < -0.4 is 0 Å². The first kappa shape index (κ1) is 11.2. The Balaban J connectivity index is 1.86. The molecule has 0 atom stereocenters. The van der Waals surface area contributed by atoms with E-state index >= 15 is 0 Å². The fourth-order valence-corrected chi connectivity index (χ4v) is 3.70. The second-order valence-electron chi connectivity index (χ2n) is 5.67. The summed E-state index contributed by atoms with van der Waals surface area (Å²) < 4.78 is 0. The molecule has 1 nitrogen and oxygen atoms in total. The van der Waals surface area contributed by atoms with Gasteiger partial charge in [0.15, 0.2) is 0 Å². The number of rotatable bonds is 1. The third kappa shape index (κ3) is 1.73. The summed E-state index contributed by atoms with van der Waals surface area (Å²) in [6.07, 6.45) is 4.09. The molecule has 0 amide bonds. The molecule has 0 aromatic heterocycles. The lowest BCUT2D eigenvalue weighted by Gasteiger charge is -2.33. The van der Waals surface area contributed by atoms with Crippen molar-refractivity contribution in [3.63, 3.8) is 0 Å². The highest BCUT2D eigenvalue weighted by molar-refractivity contribution is 5.78. The summed E-state index contributed by atoms with van der Waals surface area (Å²) in [5, 5.41) is 0. The van der Waals surface area contributed by atoms with E-state index in [2.05, 4.69) is 53.4 Å². The molecule has 1 saturated heterocycles. The second kappa shape index (κ2) is 4.50. The Bertz CT molecular complexity index is 551. The predicted octanol–water partition coefficient (Wildman–Crippen LogP) is 4.24. The monoisotopic (exact) mass is 249 g/mol. The SMILES string of the molecule is c1ccc2c(c1)-c1ccccc1C2N1CCCCC1. The zero-order chi connectivity index (χ0) is 12.7. The first-order valence-corrected chi connectivity index (χ1v) is 7.37. The van der Waals surface area contributed by atoms with Gasteiger partial charge in [0.25, 0.3) is 0 Å². The Morgan fingerprint density at radius 3 is 1.79 bits per heavy atom. The third-order valence-electron chi connectivity index (χ3n) is 4.56. The molecule has 0 N–H and O–H groups in total. The van der Waals surface area contributed by atoms with Crippen LogP contribution in [0.5, 0.6) is 0 Å². The van der Waals surface area contributed by atoms with Gasteiger partial charge in [0.2, 0.25) is 0 Å². The molecular formula is C18H19N. The van der Waals surface area contributed by atoms with Crippen molar-refractivity contribution in [2.75, 3.05) is 13.1 Å². The molecule has 2 aromatic rings. The van der Waals surface area contributed by atoms with Crippen LogP contribution in [0.3, 0.4) is 0 Å². The van der Waals surface area contributed by atoms with Crippen LogP contribution in [0, 0.1) is 0 Å². The van der Waals surface area contributed by atoms with Gasteiger partial charge in [0.05, 0.1) is 6.04 Å². The predicted molar refractivity (Wildman–Crippen MR) is 79.1 cm³/mol. The van der Waals surface area contributed by atoms with Crippen LogP contribution in [0.2, 0.25) is 0 Å². The van der Waals surface area contributed by atoms with Gasteiger partial charge in [-0.2, -0.15) is 0 Å². The van der Waals surface area contributed by atoms with E-state index in [1.54, 1.807) is 0 Å². The molecule has 0 radical (unpaired) electrons. The van der Waals surface area contributed by atoms with Crippen LogP contribution in [-0.4, -0.2) is 18.0 Å². The van der Waals surface area contributed by atoms with Crippen LogP contribution in [-0.2, 0) is 0 Å². The largest absolute Gasteiger partial charge is 0.292 e. The van der Waals surface area contributed by atoms with Gasteiger partial charge in [-0.05, 0) is 48.2 Å². The van der Waals surface area contributed by atoms with E-state index in [0.29, 0.717) is 6.04 Å². The molecule has 96 valence electrons. The van der Waals surface area contributed by atoms with Gasteiger partial charge in [-0.3, -0.25) is 4.90 Å². The minimum absolute atomic E-state index is 0.493. The van der Waals surface area contributed by atoms with E-state index < -0.39 is 0 Å². The summed E-state index contributed by atoms with van der Waals surface area (Å²) in [6.45, 7) is 2.49. The van der Waals surface area contributed by atoms with Crippen LogP contribution in [0.15, 0.2) is 48.5 Å². The maximum absolute atomic E-state index is 2.67. The topological polar surface area (TPSA) is 3.24 Å². The summed E-state index contributed by atoms with van der Waals surface area (Å²) in [6, 6.07) is 18.4. The van der Waals surface area contributed by atoms with Crippen molar-refractivity contribution in [3.05, 3.63) is 59.7 Å². The molecule has 0 unspecified atom stereocenters. The molecule has 1 aliphatic carbocycles. The van der Waals surface area contributed by atoms with E-state index in [9.17, 15) is 0 Å². The van der Waals surface area contributed by atoms with Crippen molar-refractivity contribution in [2.45, 2.75) is 25.3 Å². The van der Waals surface area contributed by atoms with Gasteiger partial charge in [-0.25, -0.2) is 0 Å². The molecule has 0 saturated carbocycles. The Kier molecular flexibility index (Phi) is 2.66. The van der Waals surface area contributed by atoms with Crippen LogP contribution >= 0.6 is 0 Å². The lowest BCUT2D eigenvalue weighted by atomic mass is 10.0. The van der Waals surface area contributed by atoms with Crippen LogP contribution in [0.25, 0.3) is 11.1 Å². The zero-order valence-electron chi connectivity index (χ0n) is 11.2. The van der Waals surface area contributed by atoms with E-state index in [4.69, 9.17) is 0 Å². The van der Waals surface area contributed by atoms with Gasteiger partial charge in [0, 0.05) is 0 Å². The second-order valence-corrected chi connectivity index (χ2v) is 5.67. The molecule has 1 aliphatic heterocycles. The molecule has 1 heterocycles. The maximum atomic E-state index is 2.67. The number of benzene rings is 2. The molecule has 0 spiro atoms. The van der Waals surface area contributed by atoms with Gasteiger partial charge in [0.1, 0.15) is 0 Å². The number of hydrogen-bond acceptors (Lipinski definition) is 1. The number of nitrogens with zero attached hydrogens (tertiary/aromatic N) is 1. The molecular weight excluding hydrogens is 230 g/mol. The minimum atomic E-state index is 0.493. The third-order valence-corrected chi connectivity index (χ3v) is 4.56. The Morgan fingerprint density at radius 2 is 1.21 bits per heavy atom. The van der Waals surface area contributed by atoms with Gasteiger partial charge in [-0.15, -0.1) is 0 Å². The highest BCUT2D eigenvalue weighted by Gasteiger charge is 2.32. The summed E-state index contributed by atoms with van der Waals surface area (Å²) >= 11 is 0. The average molecular weight is 249 g/mol. The van der Waals surface area contributed by atoms with Crippen LogP contribution in [0.4, 0.5) is 0 Å². The summed E-state index contributed by atoms with van der Waals surface area (Å²) in [4.78, 5) is 2.67. The lowest BCUT2D eigenvalue weighted by Crippen LogP contribution is -2.33. The van der Waals surface area contributed by atoms with Crippen molar-refractivity contribution in [1.82, 2.24) is 4.90 Å². The van der Waals surface area contributed by atoms with Crippen molar-refractivity contribution in [2.24, 2.45) is 0 Å². The number of likely N-dealkylation sites (tertiary alicyclic amines) is 1. The molecule has 1 heteroatoms. The van der Waals surface area contributed by atoms with Gasteiger partial charge in [-0.1, -0.05) is 55.0 Å². The highest BCUT2D eigenvalue weighted by Crippen LogP contribution is 2.46. The molecule has 2 aliphatic rings. The molecule has 4 rings (SSSR count). The first-order chi connectivity index (χ1) is 9.45. The van der Waals surface area contributed by atoms with E-state index in [0.717, 1.165) is 0 Å². The molecule has 0 bridgehead atoms. The normalized spacial score (nSPS) is 19.2. The van der Waals surface area contributed by atoms with Gasteiger partial charge >= 0.3 is 0 Å². The summed E-state index contributed by atoms with van der Waals surface area (Å²) in [7, 11) is 0. The molecule has 19 heavy (non-hydrogen) atoms. The lowest BCUT2D eigenvalue weighted by molar-refractivity contribution is 0.190. The van der Waals surface area contributed by atoms with Crippen molar-refractivity contribution in [3.8, 4) is 11.1 Å². The number of hydrogen-bond donors (Lipinski definition) is 0. The fourth-order valence-electron chi connectivity index (χ4n) is 3.70. The Labute approximate surface area is 114 Å². The van der Waals surface area contributed by atoms with Crippen molar-refractivity contribution < 1.29 is 0 Å². The standard InChI is InChI=1S/C18H19N/c1-6-12-19(13-7-1)18-16-10-4-2-8-14(16)15-9-3-5-11-17(15)18/h2-5,8-11,18H,1,6-7,12-13H2. The quantitative estimate of drug-likeness (QED) is 0.730. The molecule has 2 aromatic carbocycles. The zero-order valence-corrected chi connectivity index (χ0v) is 11.2. The average Bonchev–Trinajstić information content (AvgIpc) is 2.83. The van der Waals surface area contributed by atoms with Crippen molar-refractivity contribution in [1.29, 1.82) is 0 Å². The maximum Gasteiger partial charge on any atom is 0.0614 e. The van der Waals surface area contributed by atoms with Crippen molar-refractivity contribution >= 4 is 0 Å². The number of piperidine rings is 1. The first-order valence-electron chi connectivity index (χ1n) is 7.37. The smallest absolute Gasteiger partial charge is 0.0614 e. The fraction of sp³-hybridized carbons (Fsp3) is 0.333. The van der Waals surface area contributed by atoms with E-state index in [1.165, 1.54) is 54.6 Å². The van der Waals surface area contributed by atoms with Crippen LogP contribution in [0.1, 0.15) is 36.4 Å².